The Morgan fingerprint density at radius 1 is 1.35 bits per heavy atom. The van der Waals surface area contributed by atoms with Crippen LogP contribution in [-0.2, 0) is 4.74 Å². The van der Waals surface area contributed by atoms with Gasteiger partial charge in [0, 0.05) is 6.61 Å². The van der Waals surface area contributed by atoms with E-state index in [4.69, 9.17) is 19.9 Å². The van der Waals surface area contributed by atoms with Crippen molar-refractivity contribution >= 4 is 17.0 Å². The summed E-state index contributed by atoms with van der Waals surface area (Å²) in [5, 5.41) is 0. The van der Waals surface area contributed by atoms with E-state index < -0.39 is 0 Å². The average molecular weight is 321 g/mol. The molecule has 2 aromatic heterocycles. The molecule has 0 aromatic carbocycles. The zero-order valence-electron chi connectivity index (χ0n) is 13.8. The highest BCUT2D eigenvalue weighted by Crippen LogP contribution is 2.33. The summed E-state index contributed by atoms with van der Waals surface area (Å²) in [6.45, 7) is 4.71. The number of ether oxygens (including phenoxy) is 3. The molecule has 23 heavy (non-hydrogen) atoms. The van der Waals surface area contributed by atoms with Crippen LogP contribution in [0.4, 0.5) is 5.82 Å². The largest absolute Gasteiger partial charge is 0.468 e. The molecule has 0 aliphatic carbocycles. The van der Waals surface area contributed by atoms with E-state index in [-0.39, 0.29) is 24.2 Å². The summed E-state index contributed by atoms with van der Waals surface area (Å²) < 4.78 is 18.8. The third-order valence-corrected chi connectivity index (χ3v) is 4.02. The van der Waals surface area contributed by atoms with Crippen LogP contribution in [0.5, 0.6) is 12.0 Å². The van der Waals surface area contributed by atoms with Crippen LogP contribution >= 0.6 is 0 Å². The Morgan fingerprint density at radius 3 is 2.83 bits per heavy atom. The first-order valence-corrected chi connectivity index (χ1v) is 8.01. The van der Waals surface area contributed by atoms with Crippen LogP contribution in [0.25, 0.3) is 11.2 Å². The molecular weight excluding hydrogens is 298 g/mol. The van der Waals surface area contributed by atoms with Gasteiger partial charge in [0.2, 0.25) is 0 Å². The maximum absolute atomic E-state index is 6.04. The number of hydrogen-bond acceptors (Lipinski definition) is 7. The van der Waals surface area contributed by atoms with E-state index in [2.05, 4.69) is 15.0 Å². The monoisotopic (exact) mass is 321 g/mol. The van der Waals surface area contributed by atoms with E-state index in [0.717, 1.165) is 25.7 Å². The second-order valence-electron chi connectivity index (χ2n) is 5.69. The number of anilines is 1. The number of fused-ring (bicyclic) bond motifs is 1. The molecule has 0 amide bonds. The third-order valence-electron chi connectivity index (χ3n) is 4.02. The molecule has 1 aliphatic rings. The van der Waals surface area contributed by atoms with Crippen molar-refractivity contribution in [3.8, 4) is 12.0 Å². The molecule has 1 saturated heterocycles. The minimum atomic E-state index is -0.158. The van der Waals surface area contributed by atoms with E-state index in [9.17, 15) is 0 Å². The molecule has 3 rings (SSSR count). The van der Waals surface area contributed by atoms with E-state index in [1.807, 2.05) is 18.4 Å². The van der Waals surface area contributed by atoms with E-state index in [1.165, 1.54) is 0 Å². The number of aromatic nitrogens is 4. The lowest BCUT2D eigenvalue weighted by Crippen LogP contribution is -2.19. The van der Waals surface area contributed by atoms with Crippen molar-refractivity contribution in [2.24, 2.45) is 0 Å². The van der Waals surface area contributed by atoms with Gasteiger partial charge in [-0.2, -0.15) is 15.0 Å². The zero-order valence-corrected chi connectivity index (χ0v) is 13.8. The maximum atomic E-state index is 6.04. The van der Waals surface area contributed by atoms with Crippen LogP contribution in [0.2, 0.25) is 0 Å². The Morgan fingerprint density at radius 2 is 2.17 bits per heavy atom. The molecule has 126 valence electrons. The molecule has 2 N–H and O–H groups in total. The molecule has 1 fully saturated rings. The van der Waals surface area contributed by atoms with E-state index in [1.54, 1.807) is 7.11 Å². The van der Waals surface area contributed by atoms with Gasteiger partial charge in [-0.15, -0.1) is 0 Å². The number of rotatable bonds is 5. The summed E-state index contributed by atoms with van der Waals surface area (Å²) in [5.41, 5.74) is 7.13. The van der Waals surface area contributed by atoms with Gasteiger partial charge in [0.05, 0.1) is 13.2 Å². The Bertz CT molecular complexity index is 681. The van der Waals surface area contributed by atoms with Gasteiger partial charge in [0.15, 0.2) is 17.0 Å². The Balaban J connectivity index is 2.08. The van der Waals surface area contributed by atoms with Gasteiger partial charge in [-0.3, -0.25) is 4.57 Å². The van der Waals surface area contributed by atoms with Crippen molar-refractivity contribution in [3.05, 3.63) is 0 Å². The summed E-state index contributed by atoms with van der Waals surface area (Å²) >= 11 is 0. The molecule has 2 aromatic rings. The minimum Gasteiger partial charge on any atom is -0.468 e. The van der Waals surface area contributed by atoms with Crippen LogP contribution in [-0.4, -0.2) is 39.3 Å². The highest BCUT2D eigenvalue weighted by molar-refractivity contribution is 5.83. The molecule has 0 spiro atoms. The Kier molecular flexibility index (Phi) is 4.51. The van der Waals surface area contributed by atoms with Crippen molar-refractivity contribution in [1.29, 1.82) is 0 Å². The fraction of sp³-hybridized carbons (Fsp3) is 0.667. The SMILES string of the molecule is CCC(C)Oc1nc(N)c2nc(OC)n(C3CCCCO3)c2n1. The van der Waals surface area contributed by atoms with Crippen molar-refractivity contribution in [2.45, 2.75) is 51.9 Å². The number of methoxy groups -OCH3 is 1. The fourth-order valence-electron chi connectivity index (χ4n) is 2.60. The molecule has 8 heteroatoms. The first-order valence-electron chi connectivity index (χ1n) is 8.01. The first-order chi connectivity index (χ1) is 11.1. The molecular formula is C15H23N5O3. The molecule has 2 unspecified atom stereocenters. The van der Waals surface area contributed by atoms with Crippen LogP contribution < -0.4 is 15.2 Å². The second kappa shape index (κ2) is 6.57. The quantitative estimate of drug-likeness (QED) is 0.902. The van der Waals surface area contributed by atoms with Crippen LogP contribution in [0.1, 0.15) is 45.8 Å². The first kappa shape index (κ1) is 15.8. The summed E-state index contributed by atoms with van der Waals surface area (Å²) in [5.74, 6) is 0.279. The molecule has 8 nitrogen and oxygen atoms in total. The van der Waals surface area contributed by atoms with Gasteiger partial charge in [-0.25, -0.2) is 0 Å². The Hall–Kier alpha value is -2.09. The number of imidazole rings is 1. The number of hydrogen-bond donors (Lipinski definition) is 1. The van der Waals surface area contributed by atoms with E-state index in [0.29, 0.717) is 23.8 Å². The highest BCUT2D eigenvalue weighted by Gasteiger charge is 2.26. The van der Waals surface area contributed by atoms with Gasteiger partial charge in [-0.1, -0.05) is 6.92 Å². The highest BCUT2D eigenvalue weighted by atomic mass is 16.5. The van der Waals surface area contributed by atoms with Crippen LogP contribution in [0, 0.1) is 0 Å². The van der Waals surface area contributed by atoms with E-state index >= 15 is 0 Å². The normalized spacial score (nSPS) is 19.7. The van der Waals surface area contributed by atoms with Crippen molar-refractivity contribution in [2.75, 3.05) is 19.5 Å². The summed E-state index contributed by atoms with van der Waals surface area (Å²) in [6, 6.07) is 0.678. The summed E-state index contributed by atoms with van der Waals surface area (Å²) in [6.07, 6.45) is 3.74. The lowest BCUT2D eigenvalue weighted by Gasteiger charge is -2.24. The number of nitrogens with zero attached hydrogens (tertiary/aromatic N) is 4. The predicted molar refractivity (Wildman–Crippen MR) is 85.5 cm³/mol. The maximum Gasteiger partial charge on any atom is 0.320 e. The number of nitrogens with two attached hydrogens (primary N) is 1. The molecule has 3 heterocycles. The van der Waals surface area contributed by atoms with Crippen LogP contribution in [0.3, 0.4) is 0 Å². The lowest BCUT2D eigenvalue weighted by molar-refractivity contribution is -0.0334. The zero-order chi connectivity index (χ0) is 16.4. The van der Waals surface area contributed by atoms with Gasteiger partial charge in [0.25, 0.3) is 0 Å². The molecule has 1 aliphatic heterocycles. The Labute approximate surface area is 135 Å². The molecule has 0 saturated carbocycles. The molecule has 0 bridgehead atoms. The van der Waals surface area contributed by atoms with Crippen molar-refractivity contribution in [1.82, 2.24) is 19.5 Å². The van der Waals surface area contributed by atoms with Crippen LogP contribution in [0.15, 0.2) is 0 Å². The topological polar surface area (TPSA) is 97.3 Å². The average Bonchev–Trinajstić information content (AvgIpc) is 2.94. The van der Waals surface area contributed by atoms with Gasteiger partial charge < -0.3 is 19.9 Å². The van der Waals surface area contributed by atoms with Crippen molar-refractivity contribution < 1.29 is 14.2 Å². The standard InChI is InChI=1S/C15H23N5O3/c1-4-9(2)23-14-18-12(16)11-13(19-14)20(15(17-11)21-3)10-7-5-6-8-22-10/h9-10H,4-8H2,1-3H3,(H2,16,18,19). The smallest absolute Gasteiger partial charge is 0.320 e. The fourth-order valence-corrected chi connectivity index (χ4v) is 2.60. The summed E-state index contributed by atoms with van der Waals surface area (Å²) in [7, 11) is 1.57. The number of nitrogen functional groups attached to an aromatic ring is 1. The second-order valence-corrected chi connectivity index (χ2v) is 5.69. The molecule has 2 atom stereocenters. The van der Waals surface area contributed by atoms with Gasteiger partial charge in [0.1, 0.15) is 6.23 Å². The van der Waals surface area contributed by atoms with Crippen molar-refractivity contribution in [3.63, 3.8) is 0 Å². The third kappa shape index (κ3) is 3.03. The predicted octanol–water partition coefficient (Wildman–Crippen LogP) is 2.29. The minimum absolute atomic E-state index is 0.0102. The summed E-state index contributed by atoms with van der Waals surface area (Å²) in [4.78, 5) is 13.1. The van der Waals surface area contributed by atoms with Gasteiger partial charge >= 0.3 is 12.0 Å². The lowest BCUT2D eigenvalue weighted by atomic mass is 10.2. The molecule has 0 radical (unpaired) electrons. The van der Waals surface area contributed by atoms with Gasteiger partial charge in [-0.05, 0) is 32.6 Å².